The van der Waals surface area contributed by atoms with E-state index in [2.05, 4.69) is 39.6 Å². The Kier molecular flexibility index (Phi) is 6.67. The fourth-order valence-electron chi connectivity index (χ4n) is 1.82. The van der Waals surface area contributed by atoms with E-state index in [1.807, 2.05) is 6.92 Å². The number of nitrogens with two attached hydrogens (primary N) is 1. The minimum absolute atomic E-state index is 0.0707. The summed E-state index contributed by atoms with van der Waals surface area (Å²) in [6.07, 6.45) is 3.11. The first-order valence-corrected chi connectivity index (χ1v) is 6.70. The molecule has 0 aliphatic heterocycles. The molecule has 0 fully saturated rings. The molecule has 0 radical (unpaired) electrons. The van der Waals surface area contributed by atoms with Crippen molar-refractivity contribution in [2.75, 3.05) is 20.2 Å². The zero-order valence-electron chi connectivity index (χ0n) is 12.6. The summed E-state index contributed by atoms with van der Waals surface area (Å²) in [5.41, 5.74) is 5.81. The normalized spacial score (nSPS) is 18.2. The lowest BCUT2D eigenvalue weighted by molar-refractivity contribution is 0.136. The lowest BCUT2D eigenvalue weighted by Gasteiger charge is -2.35. The monoisotopic (exact) mass is 244 g/mol. The summed E-state index contributed by atoms with van der Waals surface area (Å²) in [6.45, 7) is 12.2. The number of rotatable bonds is 7. The van der Waals surface area contributed by atoms with Crippen molar-refractivity contribution in [1.82, 2.24) is 4.90 Å². The van der Waals surface area contributed by atoms with Crippen molar-refractivity contribution < 1.29 is 5.11 Å². The van der Waals surface area contributed by atoms with Crippen LogP contribution in [0.25, 0.3) is 0 Å². The molecule has 0 saturated carbocycles. The quantitative estimate of drug-likeness (QED) is 0.675. The molecule has 2 atom stereocenters. The smallest absolute Gasteiger partial charge is 0.0608 e. The predicted octanol–water partition coefficient (Wildman–Crippen LogP) is 2.23. The summed E-state index contributed by atoms with van der Waals surface area (Å²) >= 11 is 0. The van der Waals surface area contributed by atoms with Crippen molar-refractivity contribution in [1.29, 1.82) is 0 Å². The molecular formula is C14H32N2O. The lowest BCUT2D eigenvalue weighted by Crippen LogP contribution is -2.41. The van der Waals surface area contributed by atoms with E-state index < -0.39 is 5.54 Å². The van der Waals surface area contributed by atoms with Crippen molar-refractivity contribution in [3.05, 3.63) is 0 Å². The second kappa shape index (κ2) is 6.72. The second-order valence-corrected chi connectivity index (χ2v) is 6.79. The van der Waals surface area contributed by atoms with Crippen LogP contribution in [-0.4, -0.2) is 41.8 Å². The minimum Gasteiger partial charge on any atom is -0.394 e. The van der Waals surface area contributed by atoms with Gasteiger partial charge in [-0.2, -0.15) is 0 Å². The summed E-state index contributed by atoms with van der Waals surface area (Å²) in [5.74, 6) is 0. The van der Waals surface area contributed by atoms with E-state index >= 15 is 0 Å². The van der Waals surface area contributed by atoms with Crippen molar-refractivity contribution in [3.63, 3.8) is 0 Å². The third-order valence-corrected chi connectivity index (χ3v) is 3.78. The molecule has 3 heteroatoms. The summed E-state index contributed by atoms with van der Waals surface area (Å²) in [5, 5.41) is 9.06. The Morgan fingerprint density at radius 1 is 1.18 bits per heavy atom. The number of nitrogens with zero attached hydrogens (tertiary/aromatic N) is 1. The van der Waals surface area contributed by atoms with E-state index in [0.29, 0.717) is 11.5 Å². The number of unbranched alkanes of at least 4 members (excludes halogenated alkanes) is 1. The molecule has 104 valence electrons. The van der Waals surface area contributed by atoms with Gasteiger partial charge in [-0.05, 0) is 45.7 Å². The van der Waals surface area contributed by atoms with Crippen LogP contribution in [0, 0.1) is 5.41 Å². The summed E-state index contributed by atoms with van der Waals surface area (Å²) in [7, 11) is 2.18. The zero-order valence-corrected chi connectivity index (χ0v) is 12.6. The Labute approximate surface area is 107 Å². The first-order valence-electron chi connectivity index (χ1n) is 6.70. The fourth-order valence-corrected chi connectivity index (χ4v) is 1.82. The number of hydrogen-bond donors (Lipinski definition) is 2. The molecule has 0 rings (SSSR count). The Morgan fingerprint density at radius 2 is 1.71 bits per heavy atom. The standard InChI is InChI=1S/C14H32N2O/c1-12(13(2,3)4)16(6)10-8-7-9-14(5,15)11-17/h12,17H,7-11,15H2,1-6H3. The molecule has 3 N–H and O–H groups in total. The maximum Gasteiger partial charge on any atom is 0.0608 e. The molecule has 0 aromatic heterocycles. The molecule has 0 aliphatic rings. The molecule has 2 unspecified atom stereocenters. The molecule has 0 saturated heterocycles. The van der Waals surface area contributed by atoms with Crippen LogP contribution in [-0.2, 0) is 0 Å². The van der Waals surface area contributed by atoms with E-state index in [1.54, 1.807) is 0 Å². The first-order chi connectivity index (χ1) is 7.60. The van der Waals surface area contributed by atoms with E-state index in [4.69, 9.17) is 10.8 Å². The van der Waals surface area contributed by atoms with E-state index in [1.165, 1.54) is 0 Å². The highest BCUT2D eigenvalue weighted by atomic mass is 16.3. The van der Waals surface area contributed by atoms with E-state index in [9.17, 15) is 0 Å². The third kappa shape index (κ3) is 7.02. The topological polar surface area (TPSA) is 49.5 Å². The Hall–Kier alpha value is -0.120. The maximum absolute atomic E-state index is 9.06. The van der Waals surface area contributed by atoms with Crippen LogP contribution in [0.5, 0.6) is 0 Å². The molecule has 0 heterocycles. The van der Waals surface area contributed by atoms with Crippen LogP contribution in [0.2, 0.25) is 0 Å². The van der Waals surface area contributed by atoms with Gasteiger partial charge in [0.2, 0.25) is 0 Å². The van der Waals surface area contributed by atoms with Crippen LogP contribution in [0.3, 0.4) is 0 Å². The van der Waals surface area contributed by atoms with Gasteiger partial charge in [0.05, 0.1) is 6.61 Å². The number of aliphatic hydroxyl groups excluding tert-OH is 1. The van der Waals surface area contributed by atoms with Crippen LogP contribution < -0.4 is 5.73 Å². The maximum atomic E-state index is 9.06. The zero-order chi connectivity index (χ0) is 13.7. The van der Waals surface area contributed by atoms with Gasteiger partial charge in [-0.25, -0.2) is 0 Å². The van der Waals surface area contributed by atoms with Gasteiger partial charge >= 0.3 is 0 Å². The molecule has 0 aromatic rings. The van der Waals surface area contributed by atoms with Gasteiger partial charge in [0.25, 0.3) is 0 Å². The van der Waals surface area contributed by atoms with Gasteiger partial charge in [0, 0.05) is 11.6 Å². The molecular weight excluding hydrogens is 212 g/mol. The molecule has 0 amide bonds. The van der Waals surface area contributed by atoms with Crippen molar-refractivity contribution in [2.24, 2.45) is 11.1 Å². The van der Waals surface area contributed by atoms with Crippen LogP contribution in [0.1, 0.15) is 53.9 Å². The molecule has 17 heavy (non-hydrogen) atoms. The first kappa shape index (κ1) is 16.9. The van der Waals surface area contributed by atoms with Crippen LogP contribution >= 0.6 is 0 Å². The van der Waals surface area contributed by atoms with Crippen molar-refractivity contribution >= 4 is 0 Å². The highest BCUT2D eigenvalue weighted by molar-refractivity contribution is 4.79. The average molecular weight is 244 g/mol. The van der Waals surface area contributed by atoms with Gasteiger partial charge < -0.3 is 15.7 Å². The molecule has 0 aliphatic carbocycles. The van der Waals surface area contributed by atoms with Gasteiger partial charge in [-0.15, -0.1) is 0 Å². The predicted molar refractivity (Wildman–Crippen MR) is 75.1 cm³/mol. The van der Waals surface area contributed by atoms with Crippen molar-refractivity contribution in [2.45, 2.75) is 65.5 Å². The highest BCUT2D eigenvalue weighted by Crippen LogP contribution is 2.23. The number of aliphatic hydroxyl groups is 1. The molecule has 0 bridgehead atoms. The van der Waals surface area contributed by atoms with Gasteiger partial charge in [0.1, 0.15) is 0 Å². The average Bonchev–Trinajstić information content (AvgIpc) is 2.21. The van der Waals surface area contributed by atoms with Gasteiger partial charge in [0.15, 0.2) is 0 Å². The molecule has 0 aromatic carbocycles. The summed E-state index contributed by atoms with van der Waals surface area (Å²) in [4.78, 5) is 2.41. The minimum atomic E-state index is -0.409. The van der Waals surface area contributed by atoms with Gasteiger partial charge in [-0.3, -0.25) is 0 Å². The number of hydrogen-bond acceptors (Lipinski definition) is 3. The van der Waals surface area contributed by atoms with Gasteiger partial charge in [-0.1, -0.05) is 27.2 Å². The van der Waals surface area contributed by atoms with Crippen LogP contribution in [0.4, 0.5) is 0 Å². The Bertz CT molecular complexity index is 209. The SMILES string of the molecule is CC(N(C)CCCCC(C)(N)CO)C(C)(C)C. The van der Waals surface area contributed by atoms with E-state index in [-0.39, 0.29) is 6.61 Å². The largest absolute Gasteiger partial charge is 0.394 e. The summed E-state index contributed by atoms with van der Waals surface area (Å²) < 4.78 is 0. The molecule has 0 spiro atoms. The molecule has 3 nitrogen and oxygen atoms in total. The fraction of sp³-hybridized carbons (Fsp3) is 1.00. The second-order valence-electron chi connectivity index (χ2n) is 6.79. The van der Waals surface area contributed by atoms with Crippen molar-refractivity contribution in [3.8, 4) is 0 Å². The summed E-state index contributed by atoms with van der Waals surface area (Å²) in [6, 6.07) is 0.574. The Morgan fingerprint density at radius 3 is 2.12 bits per heavy atom. The highest BCUT2D eigenvalue weighted by Gasteiger charge is 2.23. The third-order valence-electron chi connectivity index (χ3n) is 3.78. The lowest BCUT2D eigenvalue weighted by atomic mass is 9.87. The Balaban J connectivity index is 3.83. The van der Waals surface area contributed by atoms with E-state index in [0.717, 1.165) is 25.8 Å². The van der Waals surface area contributed by atoms with Crippen LogP contribution in [0.15, 0.2) is 0 Å².